The summed E-state index contributed by atoms with van der Waals surface area (Å²) in [6, 6.07) is 9.75. The molecule has 1 aromatic carbocycles. The van der Waals surface area contributed by atoms with Crippen molar-refractivity contribution in [1.29, 1.82) is 0 Å². The van der Waals surface area contributed by atoms with Gasteiger partial charge in [0.15, 0.2) is 5.82 Å². The van der Waals surface area contributed by atoms with Crippen LogP contribution in [0.3, 0.4) is 0 Å². The third-order valence-electron chi connectivity index (χ3n) is 4.41. The molecule has 146 valence electrons. The number of nitrogens with one attached hydrogen (secondary N) is 2. The molecule has 28 heavy (non-hydrogen) atoms. The minimum atomic E-state index is -0.0646. The molecule has 0 bridgehead atoms. The van der Waals surface area contributed by atoms with E-state index in [9.17, 15) is 4.79 Å². The lowest BCUT2D eigenvalue weighted by Crippen LogP contribution is -2.29. The number of benzene rings is 1. The molecule has 1 amide bonds. The summed E-state index contributed by atoms with van der Waals surface area (Å²) < 4.78 is 1.80. The molecule has 0 atom stereocenters. The molecule has 0 saturated carbocycles. The number of amides is 1. The molecule has 7 nitrogen and oxygen atoms in total. The monoisotopic (exact) mass is 378 g/mol. The van der Waals surface area contributed by atoms with Crippen LogP contribution in [0.25, 0.3) is 5.82 Å². The van der Waals surface area contributed by atoms with Crippen molar-refractivity contribution in [2.24, 2.45) is 0 Å². The van der Waals surface area contributed by atoms with Gasteiger partial charge in [0.1, 0.15) is 11.6 Å². The van der Waals surface area contributed by atoms with E-state index in [0.717, 1.165) is 28.3 Å². The molecule has 0 unspecified atom stereocenters. The van der Waals surface area contributed by atoms with Gasteiger partial charge in [0, 0.05) is 30.4 Å². The average Bonchev–Trinajstić information content (AvgIpc) is 2.98. The van der Waals surface area contributed by atoms with Gasteiger partial charge in [-0.05, 0) is 52.3 Å². The summed E-state index contributed by atoms with van der Waals surface area (Å²) in [5, 5.41) is 10.7. The summed E-state index contributed by atoms with van der Waals surface area (Å²) in [5.41, 5.74) is 4.71. The molecule has 2 N–H and O–H groups in total. The number of carbonyl (C=O) groups excluding carboxylic acids is 1. The Morgan fingerprint density at radius 2 is 1.79 bits per heavy atom. The number of carbonyl (C=O) groups is 1. The predicted octanol–water partition coefficient (Wildman–Crippen LogP) is 3.05. The van der Waals surface area contributed by atoms with Crippen LogP contribution in [0.5, 0.6) is 0 Å². The summed E-state index contributed by atoms with van der Waals surface area (Å²) in [5.74, 6) is 2.02. The Balaban J connectivity index is 1.61. The Labute approximate surface area is 165 Å². The predicted molar refractivity (Wildman–Crippen MR) is 110 cm³/mol. The van der Waals surface area contributed by atoms with Gasteiger partial charge in [-0.2, -0.15) is 5.10 Å². The van der Waals surface area contributed by atoms with Gasteiger partial charge in [-0.1, -0.05) is 17.7 Å². The first-order chi connectivity index (χ1) is 13.3. The van der Waals surface area contributed by atoms with Crippen LogP contribution >= 0.6 is 0 Å². The first kappa shape index (κ1) is 19.5. The minimum Gasteiger partial charge on any atom is -0.368 e. The third-order valence-corrected chi connectivity index (χ3v) is 4.41. The van der Waals surface area contributed by atoms with Gasteiger partial charge in [0.25, 0.3) is 5.91 Å². The molecule has 2 aromatic heterocycles. The zero-order valence-electron chi connectivity index (χ0n) is 17.0. The van der Waals surface area contributed by atoms with E-state index in [1.807, 2.05) is 65.0 Å². The molecule has 0 saturated heterocycles. The zero-order valence-corrected chi connectivity index (χ0v) is 17.0. The molecular formula is C21H26N6O. The van der Waals surface area contributed by atoms with Crippen molar-refractivity contribution in [2.75, 3.05) is 18.4 Å². The number of aryl methyl sites for hydroxylation is 5. The second-order valence-corrected chi connectivity index (χ2v) is 7.00. The van der Waals surface area contributed by atoms with Crippen LogP contribution in [-0.4, -0.2) is 38.7 Å². The molecule has 0 aliphatic rings. The smallest absolute Gasteiger partial charge is 0.251 e. The van der Waals surface area contributed by atoms with Crippen LogP contribution in [0.4, 0.5) is 5.82 Å². The van der Waals surface area contributed by atoms with Gasteiger partial charge in [0.2, 0.25) is 0 Å². The first-order valence-electron chi connectivity index (χ1n) is 9.32. The maximum absolute atomic E-state index is 12.4. The van der Waals surface area contributed by atoms with Crippen LogP contribution < -0.4 is 10.6 Å². The molecule has 0 spiro atoms. The molecule has 0 fully saturated rings. The van der Waals surface area contributed by atoms with Gasteiger partial charge in [0.05, 0.1) is 5.69 Å². The maximum atomic E-state index is 12.4. The molecule has 0 aliphatic heterocycles. The zero-order chi connectivity index (χ0) is 20.3. The second kappa shape index (κ2) is 8.21. The van der Waals surface area contributed by atoms with Crippen molar-refractivity contribution in [1.82, 2.24) is 25.1 Å². The number of rotatable bonds is 6. The van der Waals surface area contributed by atoms with Crippen molar-refractivity contribution < 1.29 is 4.79 Å². The molecule has 7 heteroatoms. The summed E-state index contributed by atoms with van der Waals surface area (Å²) >= 11 is 0. The van der Waals surface area contributed by atoms with Gasteiger partial charge < -0.3 is 10.6 Å². The summed E-state index contributed by atoms with van der Waals surface area (Å²) in [6.07, 6.45) is 0. The highest BCUT2D eigenvalue weighted by molar-refractivity contribution is 5.95. The van der Waals surface area contributed by atoms with Crippen LogP contribution in [0.15, 0.2) is 30.3 Å². The second-order valence-electron chi connectivity index (χ2n) is 7.00. The van der Waals surface area contributed by atoms with Crippen molar-refractivity contribution in [3.63, 3.8) is 0 Å². The molecule has 2 heterocycles. The van der Waals surface area contributed by atoms with E-state index in [1.165, 1.54) is 0 Å². The van der Waals surface area contributed by atoms with E-state index in [1.54, 1.807) is 4.68 Å². The van der Waals surface area contributed by atoms with Crippen LogP contribution in [0.2, 0.25) is 0 Å². The molecule has 0 radical (unpaired) electrons. The number of aromatic nitrogens is 4. The fourth-order valence-electron chi connectivity index (χ4n) is 3.05. The Hall–Kier alpha value is -3.22. The first-order valence-corrected chi connectivity index (χ1v) is 9.32. The van der Waals surface area contributed by atoms with Crippen molar-refractivity contribution in [2.45, 2.75) is 34.6 Å². The standard InChI is InChI=1S/C21H26N6O/c1-13-6-7-14(2)18(10-13)21(28)23-9-8-22-19-12-20(25-17(5)24-19)27-16(4)11-15(3)26-27/h6-7,10-12H,8-9H2,1-5H3,(H,23,28)(H,22,24,25). The van der Waals surface area contributed by atoms with E-state index in [-0.39, 0.29) is 5.91 Å². The largest absolute Gasteiger partial charge is 0.368 e. The van der Waals surface area contributed by atoms with E-state index >= 15 is 0 Å². The average molecular weight is 378 g/mol. The highest BCUT2D eigenvalue weighted by Crippen LogP contribution is 2.14. The SMILES string of the molecule is Cc1ccc(C)c(C(=O)NCCNc2cc(-n3nc(C)cc3C)nc(C)n2)c1. The van der Waals surface area contributed by atoms with E-state index in [2.05, 4.69) is 25.7 Å². The van der Waals surface area contributed by atoms with Crippen molar-refractivity contribution >= 4 is 11.7 Å². The topological polar surface area (TPSA) is 84.7 Å². The van der Waals surface area contributed by atoms with Gasteiger partial charge in [-0.25, -0.2) is 14.6 Å². The summed E-state index contributed by atoms with van der Waals surface area (Å²) in [4.78, 5) is 21.3. The van der Waals surface area contributed by atoms with E-state index in [0.29, 0.717) is 30.3 Å². The molecule has 3 aromatic rings. The van der Waals surface area contributed by atoms with Crippen LogP contribution in [-0.2, 0) is 0 Å². The van der Waals surface area contributed by atoms with Crippen molar-refractivity contribution in [3.05, 3.63) is 64.2 Å². The van der Waals surface area contributed by atoms with Gasteiger partial charge >= 0.3 is 0 Å². The highest BCUT2D eigenvalue weighted by atomic mass is 16.1. The lowest BCUT2D eigenvalue weighted by Gasteiger charge is -2.11. The Morgan fingerprint density at radius 3 is 2.50 bits per heavy atom. The maximum Gasteiger partial charge on any atom is 0.251 e. The summed E-state index contributed by atoms with van der Waals surface area (Å²) in [7, 11) is 0. The summed E-state index contributed by atoms with van der Waals surface area (Å²) in [6.45, 7) is 10.8. The van der Waals surface area contributed by atoms with Gasteiger partial charge in [-0.3, -0.25) is 4.79 Å². The fourth-order valence-corrected chi connectivity index (χ4v) is 3.05. The molecular weight excluding hydrogens is 352 g/mol. The lowest BCUT2D eigenvalue weighted by molar-refractivity contribution is 0.0954. The minimum absolute atomic E-state index is 0.0646. The number of anilines is 1. The van der Waals surface area contributed by atoms with Crippen LogP contribution in [0.1, 0.15) is 38.7 Å². The van der Waals surface area contributed by atoms with Crippen LogP contribution in [0, 0.1) is 34.6 Å². The Kier molecular flexibility index (Phi) is 5.73. The quantitative estimate of drug-likeness (QED) is 0.644. The fraction of sp³-hybridized carbons (Fsp3) is 0.333. The lowest BCUT2D eigenvalue weighted by atomic mass is 10.1. The van der Waals surface area contributed by atoms with E-state index < -0.39 is 0 Å². The third kappa shape index (κ3) is 4.54. The number of hydrogen-bond donors (Lipinski definition) is 2. The van der Waals surface area contributed by atoms with Gasteiger partial charge in [-0.15, -0.1) is 0 Å². The number of nitrogens with zero attached hydrogens (tertiary/aromatic N) is 4. The van der Waals surface area contributed by atoms with Crippen molar-refractivity contribution in [3.8, 4) is 5.82 Å². The Morgan fingerprint density at radius 1 is 1.00 bits per heavy atom. The Bertz CT molecular complexity index is 1010. The number of hydrogen-bond acceptors (Lipinski definition) is 5. The van der Waals surface area contributed by atoms with E-state index in [4.69, 9.17) is 0 Å². The molecule has 0 aliphatic carbocycles. The highest BCUT2D eigenvalue weighted by Gasteiger charge is 2.10. The molecule has 3 rings (SSSR count). The normalized spacial score (nSPS) is 10.8.